The third-order valence-corrected chi connectivity index (χ3v) is 1.83. The van der Waals surface area contributed by atoms with E-state index in [1.54, 1.807) is 7.11 Å². The van der Waals surface area contributed by atoms with E-state index in [4.69, 9.17) is 10.1 Å². The molecule has 0 aromatic heterocycles. The fraction of sp³-hybridized carbons (Fsp3) is 0.600. The highest BCUT2D eigenvalue weighted by molar-refractivity contribution is 6.01. The Morgan fingerprint density at radius 3 is 2.71 bits per heavy atom. The van der Waals surface area contributed by atoms with Gasteiger partial charge in [0.15, 0.2) is 0 Å². The second-order valence-corrected chi connectivity index (χ2v) is 3.19. The van der Waals surface area contributed by atoms with Crippen molar-refractivity contribution in [2.24, 2.45) is 4.99 Å². The molecule has 0 aromatic carbocycles. The first-order valence-corrected chi connectivity index (χ1v) is 4.57. The minimum Gasteiger partial charge on any atom is -0.386 e. The largest absolute Gasteiger partial charge is 0.386 e. The van der Waals surface area contributed by atoms with Crippen LogP contribution in [-0.4, -0.2) is 31.8 Å². The molecule has 0 saturated heterocycles. The molecule has 0 saturated carbocycles. The normalized spacial score (nSPS) is 15.1. The molecule has 0 unspecified atom stereocenters. The SMILES string of the molecule is COC[C@@H](C)N/C=C(C)/C(C)=N\C=N. The Kier molecular flexibility index (Phi) is 6.66. The van der Waals surface area contributed by atoms with E-state index in [2.05, 4.69) is 10.3 Å². The first-order valence-electron chi connectivity index (χ1n) is 4.57. The molecule has 0 radical (unpaired) electrons. The first-order chi connectivity index (χ1) is 6.61. The summed E-state index contributed by atoms with van der Waals surface area (Å²) in [6.45, 7) is 6.54. The molecule has 0 aliphatic heterocycles. The number of nitrogens with zero attached hydrogens (tertiary/aromatic N) is 1. The van der Waals surface area contributed by atoms with Crippen LogP contribution in [0.25, 0.3) is 0 Å². The predicted octanol–water partition coefficient (Wildman–Crippen LogP) is 1.58. The summed E-state index contributed by atoms with van der Waals surface area (Å²) in [4.78, 5) is 3.87. The van der Waals surface area contributed by atoms with Crippen molar-refractivity contribution in [2.75, 3.05) is 13.7 Å². The van der Waals surface area contributed by atoms with Gasteiger partial charge in [0.25, 0.3) is 0 Å². The molecule has 4 heteroatoms. The van der Waals surface area contributed by atoms with Crippen molar-refractivity contribution in [3.8, 4) is 0 Å². The quantitative estimate of drug-likeness (QED) is 0.501. The van der Waals surface area contributed by atoms with Gasteiger partial charge in [-0.15, -0.1) is 0 Å². The van der Waals surface area contributed by atoms with Crippen molar-refractivity contribution in [1.82, 2.24) is 5.32 Å². The summed E-state index contributed by atoms with van der Waals surface area (Å²) < 4.78 is 4.99. The van der Waals surface area contributed by atoms with Gasteiger partial charge in [-0.3, -0.25) is 5.41 Å². The lowest BCUT2D eigenvalue weighted by molar-refractivity contribution is 0.177. The molecule has 0 heterocycles. The Labute approximate surface area is 85.6 Å². The number of rotatable bonds is 6. The zero-order valence-corrected chi connectivity index (χ0v) is 9.29. The molecule has 4 nitrogen and oxygen atoms in total. The van der Waals surface area contributed by atoms with E-state index < -0.39 is 0 Å². The number of nitrogens with one attached hydrogen (secondary N) is 2. The molecule has 0 spiro atoms. The van der Waals surface area contributed by atoms with Gasteiger partial charge in [-0.1, -0.05) is 0 Å². The topological polar surface area (TPSA) is 57.5 Å². The maximum absolute atomic E-state index is 6.83. The summed E-state index contributed by atoms with van der Waals surface area (Å²) in [5, 5.41) is 10.0. The van der Waals surface area contributed by atoms with Crippen molar-refractivity contribution in [3.63, 3.8) is 0 Å². The van der Waals surface area contributed by atoms with Gasteiger partial charge in [0.2, 0.25) is 0 Å². The lowest BCUT2D eigenvalue weighted by Crippen LogP contribution is -2.26. The Morgan fingerprint density at radius 1 is 1.57 bits per heavy atom. The first kappa shape index (κ1) is 12.8. The van der Waals surface area contributed by atoms with Crippen LogP contribution in [0.5, 0.6) is 0 Å². The zero-order valence-electron chi connectivity index (χ0n) is 9.29. The Morgan fingerprint density at radius 2 is 2.21 bits per heavy atom. The van der Waals surface area contributed by atoms with Crippen LogP contribution in [0.4, 0.5) is 0 Å². The number of hydrogen-bond donors (Lipinski definition) is 2. The standard InChI is InChI=1S/C10H19N3O/c1-8(10(3)13-7-11)5-12-9(2)6-14-4/h5,7,9,11-12H,6H2,1-4H3/b8-5+,11-7?,13-10-/t9-/m1/s1. The molecule has 1 atom stereocenters. The van der Waals surface area contributed by atoms with E-state index in [1.165, 1.54) is 0 Å². The summed E-state index contributed by atoms with van der Waals surface area (Å²) in [6.07, 6.45) is 2.94. The van der Waals surface area contributed by atoms with Crippen LogP contribution in [0.2, 0.25) is 0 Å². The van der Waals surface area contributed by atoms with E-state index >= 15 is 0 Å². The highest BCUT2D eigenvalue weighted by Crippen LogP contribution is 1.95. The lowest BCUT2D eigenvalue weighted by Gasteiger charge is -2.11. The molecule has 0 aliphatic carbocycles. The van der Waals surface area contributed by atoms with Gasteiger partial charge < -0.3 is 10.1 Å². The number of ether oxygens (including phenoxy) is 1. The van der Waals surface area contributed by atoms with Gasteiger partial charge in [0, 0.05) is 25.1 Å². The van der Waals surface area contributed by atoms with Crippen molar-refractivity contribution in [2.45, 2.75) is 26.8 Å². The van der Waals surface area contributed by atoms with Crippen LogP contribution in [-0.2, 0) is 4.74 Å². The Hall–Kier alpha value is -1.16. The summed E-state index contributed by atoms with van der Waals surface area (Å²) in [6, 6.07) is 0.280. The van der Waals surface area contributed by atoms with Gasteiger partial charge >= 0.3 is 0 Å². The zero-order chi connectivity index (χ0) is 11.0. The van der Waals surface area contributed by atoms with E-state index in [-0.39, 0.29) is 6.04 Å². The Balaban J connectivity index is 4.11. The summed E-state index contributed by atoms with van der Waals surface area (Å²) in [5.74, 6) is 0. The fourth-order valence-corrected chi connectivity index (χ4v) is 0.868. The van der Waals surface area contributed by atoms with E-state index in [0.29, 0.717) is 6.61 Å². The number of allylic oxidation sites excluding steroid dienone is 1. The lowest BCUT2D eigenvalue weighted by atomic mass is 10.2. The molecule has 0 rings (SSSR count). The average molecular weight is 197 g/mol. The van der Waals surface area contributed by atoms with Crippen molar-refractivity contribution in [1.29, 1.82) is 5.41 Å². The van der Waals surface area contributed by atoms with Gasteiger partial charge in [-0.05, 0) is 26.3 Å². The second-order valence-electron chi connectivity index (χ2n) is 3.19. The number of hydrogen-bond acceptors (Lipinski definition) is 3. The van der Waals surface area contributed by atoms with Crippen LogP contribution >= 0.6 is 0 Å². The molecule has 0 bridgehead atoms. The Bertz CT molecular complexity index is 234. The van der Waals surface area contributed by atoms with Gasteiger partial charge in [-0.25, -0.2) is 4.99 Å². The molecule has 2 N–H and O–H groups in total. The maximum Gasteiger partial charge on any atom is 0.107 e. The van der Waals surface area contributed by atoms with Crippen LogP contribution < -0.4 is 5.32 Å². The van der Waals surface area contributed by atoms with Gasteiger partial charge in [-0.2, -0.15) is 0 Å². The van der Waals surface area contributed by atoms with Crippen LogP contribution in [0.15, 0.2) is 16.8 Å². The fourth-order valence-electron chi connectivity index (χ4n) is 0.868. The molecule has 0 amide bonds. The van der Waals surface area contributed by atoms with E-state index in [9.17, 15) is 0 Å². The highest BCUT2D eigenvalue weighted by atomic mass is 16.5. The molecule has 0 aliphatic rings. The number of methoxy groups -OCH3 is 1. The summed E-state index contributed by atoms with van der Waals surface area (Å²) in [5.41, 5.74) is 1.87. The summed E-state index contributed by atoms with van der Waals surface area (Å²) >= 11 is 0. The second kappa shape index (κ2) is 7.26. The van der Waals surface area contributed by atoms with Crippen molar-refractivity contribution >= 4 is 12.1 Å². The van der Waals surface area contributed by atoms with Gasteiger partial charge in [0.05, 0.1) is 6.61 Å². The van der Waals surface area contributed by atoms with Crippen LogP contribution in [0.3, 0.4) is 0 Å². The molecule has 0 fully saturated rings. The molecular weight excluding hydrogens is 178 g/mol. The average Bonchev–Trinajstić information content (AvgIpc) is 2.15. The van der Waals surface area contributed by atoms with Crippen LogP contribution in [0.1, 0.15) is 20.8 Å². The van der Waals surface area contributed by atoms with E-state index in [0.717, 1.165) is 17.6 Å². The highest BCUT2D eigenvalue weighted by Gasteiger charge is 1.98. The molecule has 14 heavy (non-hydrogen) atoms. The monoisotopic (exact) mass is 197 g/mol. The third kappa shape index (κ3) is 5.48. The predicted molar refractivity (Wildman–Crippen MR) is 60.1 cm³/mol. The number of aliphatic imine (C=N–C) groups is 1. The third-order valence-electron chi connectivity index (χ3n) is 1.83. The van der Waals surface area contributed by atoms with Crippen LogP contribution in [0, 0.1) is 5.41 Å². The van der Waals surface area contributed by atoms with Crippen molar-refractivity contribution in [3.05, 3.63) is 11.8 Å². The maximum atomic E-state index is 6.83. The smallest absolute Gasteiger partial charge is 0.107 e. The molecular formula is C10H19N3O. The minimum atomic E-state index is 0.280. The van der Waals surface area contributed by atoms with Crippen molar-refractivity contribution < 1.29 is 4.74 Å². The molecule has 0 aromatic rings. The van der Waals surface area contributed by atoms with E-state index in [1.807, 2.05) is 27.0 Å². The minimum absolute atomic E-state index is 0.280. The molecule has 80 valence electrons. The van der Waals surface area contributed by atoms with Gasteiger partial charge in [0.1, 0.15) is 6.34 Å². The summed E-state index contributed by atoms with van der Waals surface area (Å²) in [7, 11) is 1.68.